The van der Waals surface area contributed by atoms with Crippen LogP contribution in [-0.4, -0.2) is 28.8 Å². The lowest BCUT2D eigenvalue weighted by atomic mass is 9.94. The lowest BCUT2D eigenvalue weighted by Gasteiger charge is -2.34. The highest BCUT2D eigenvalue weighted by Gasteiger charge is 2.32. The average Bonchev–Trinajstić information content (AvgIpc) is 2.96. The van der Waals surface area contributed by atoms with Crippen LogP contribution in [0.5, 0.6) is 0 Å². The molecule has 3 aromatic carbocycles. The number of rotatable bonds is 11. The molecule has 0 spiro atoms. The summed E-state index contributed by atoms with van der Waals surface area (Å²) in [5, 5.41) is 3.33. The molecule has 1 saturated carbocycles. The van der Waals surface area contributed by atoms with E-state index in [0.717, 1.165) is 54.4 Å². The molecule has 3 aromatic rings. The highest BCUT2D eigenvalue weighted by molar-refractivity contribution is 5.88. The van der Waals surface area contributed by atoms with Gasteiger partial charge in [-0.2, -0.15) is 0 Å². The van der Waals surface area contributed by atoms with Crippen LogP contribution in [0.2, 0.25) is 0 Å². The van der Waals surface area contributed by atoms with Gasteiger partial charge in [-0.25, -0.2) is 0 Å². The lowest BCUT2D eigenvalue weighted by molar-refractivity contribution is -0.141. The zero-order valence-electron chi connectivity index (χ0n) is 23.0. The summed E-state index contributed by atoms with van der Waals surface area (Å²) in [6.45, 7) is 4.64. The molecule has 0 saturated heterocycles. The van der Waals surface area contributed by atoms with Crippen molar-refractivity contribution in [3.8, 4) is 0 Å². The SMILES string of the molecule is CCc1ccc(CCC(=O)N(Cc2ccccc2C)[C@@H](Cc2ccccc2)C(=O)NC2CCCCC2)cc1. The van der Waals surface area contributed by atoms with Crippen molar-refractivity contribution in [3.63, 3.8) is 0 Å². The smallest absolute Gasteiger partial charge is 0.243 e. The van der Waals surface area contributed by atoms with Crippen LogP contribution in [-0.2, 0) is 35.4 Å². The van der Waals surface area contributed by atoms with E-state index in [0.29, 0.717) is 25.8 Å². The number of carbonyl (C=O) groups excluding carboxylic acids is 2. The van der Waals surface area contributed by atoms with Crippen LogP contribution in [0.1, 0.15) is 73.3 Å². The van der Waals surface area contributed by atoms with Crippen molar-refractivity contribution in [2.24, 2.45) is 0 Å². The third kappa shape index (κ3) is 7.80. The minimum absolute atomic E-state index is 0.0209. The molecular weight excluding hydrogens is 468 g/mol. The number of carbonyl (C=O) groups is 2. The predicted molar refractivity (Wildman–Crippen MR) is 155 cm³/mol. The number of hydrogen-bond donors (Lipinski definition) is 1. The molecule has 1 aliphatic rings. The first-order valence-electron chi connectivity index (χ1n) is 14.3. The highest BCUT2D eigenvalue weighted by Crippen LogP contribution is 2.21. The molecular formula is C34H42N2O2. The predicted octanol–water partition coefficient (Wildman–Crippen LogP) is 6.58. The van der Waals surface area contributed by atoms with Gasteiger partial charge in [0, 0.05) is 25.4 Å². The number of amides is 2. The standard InChI is InChI=1S/C34H42N2O2/c1-3-27-18-20-28(21-19-27)22-23-33(37)36(25-30-15-11-10-12-26(30)2)32(24-29-13-6-4-7-14-29)34(38)35-31-16-8-5-9-17-31/h4,6-7,10-15,18-21,31-32H,3,5,8-9,16-17,22-25H2,1-2H3,(H,35,38)/t32-/m0/s1. The second-order valence-corrected chi connectivity index (χ2v) is 10.7. The van der Waals surface area contributed by atoms with E-state index in [1.165, 1.54) is 12.0 Å². The number of benzene rings is 3. The molecule has 0 bridgehead atoms. The van der Waals surface area contributed by atoms with E-state index in [1.807, 2.05) is 47.4 Å². The van der Waals surface area contributed by atoms with E-state index in [4.69, 9.17) is 0 Å². The number of nitrogens with zero attached hydrogens (tertiary/aromatic N) is 1. The Balaban J connectivity index is 1.60. The van der Waals surface area contributed by atoms with E-state index in [-0.39, 0.29) is 17.9 Å². The molecule has 1 aliphatic carbocycles. The molecule has 1 fully saturated rings. The van der Waals surface area contributed by atoms with Crippen LogP contribution < -0.4 is 5.32 Å². The van der Waals surface area contributed by atoms with Crippen molar-refractivity contribution in [2.75, 3.05) is 0 Å². The van der Waals surface area contributed by atoms with Gasteiger partial charge in [0.25, 0.3) is 0 Å². The minimum Gasteiger partial charge on any atom is -0.352 e. The molecule has 0 radical (unpaired) electrons. The molecule has 4 rings (SSSR count). The van der Waals surface area contributed by atoms with Gasteiger partial charge in [0.2, 0.25) is 11.8 Å². The molecule has 1 N–H and O–H groups in total. The van der Waals surface area contributed by atoms with Crippen molar-refractivity contribution in [1.29, 1.82) is 0 Å². The lowest BCUT2D eigenvalue weighted by Crippen LogP contribution is -2.53. The summed E-state index contributed by atoms with van der Waals surface area (Å²) >= 11 is 0. The van der Waals surface area contributed by atoms with Gasteiger partial charge in [0.05, 0.1) is 0 Å². The summed E-state index contributed by atoms with van der Waals surface area (Å²) in [5.41, 5.74) is 5.72. The van der Waals surface area contributed by atoms with Gasteiger partial charge >= 0.3 is 0 Å². The molecule has 0 aliphatic heterocycles. The van der Waals surface area contributed by atoms with E-state index >= 15 is 0 Å². The Kier molecular flexibility index (Phi) is 10.1. The largest absolute Gasteiger partial charge is 0.352 e. The molecule has 4 nitrogen and oxygen atoms in total. The molecule has 1 atom stereocenters. The highest BCUT2D eigenvalue weighted by atomic mass is 16.2. The molecule has 200 valence electrons. The summed E-state index contributed by atoms with van der Waals surface area (Å²) in [6.07, 6.45) is 8.11. The van der Waals surface area contributed by atoms with Crippen LogP contribution >= 0.6 is 0 Å². The Morgan fingerprint density at radius 2 is 1.50 bits per heavy atom. The maximum absolute atomic E-state index is 13.9. The first-order valence-corrected chi connectivity index (χ1v) is 14.3. The summed E-state index contributed by atoms with van der Waals surface area (Å²) in [5.74, 6) is -0.0115. The van der Waals surface area contributed by atoms with Gasteiger partial charge in [-0.05, 0) is 60.4 Å². The molecule has 4 heteroatoms. The van der Waals surface area contributed by atoms with Crippen LogP contribution in [0, 0.1) is 6.92 Å². The average molecular weight is 511 g/mol. The first-order chi connectivity index (χ1) is 18.5. The van der Waals surface area contributed by atoms with Crippen molar-refractivity contribution >= 4 is 11.8 Å². The number of nitrogens with one attached hydrogen (secondary N) is 1. The Bertz CT molecular complexity index is 1170. The van der Waals surface area contributed by atoms with Gasteiger partial charge < -0.3 is 10.2 Å². The minimum atomic E-state index is -0.561. The summed E-state index contributed by atoms with van der Waals surface area (Å²) < 4.78 is 0. The van der Waals surface area contributed by atoms with Crippen LogP contribution in [0.25, 0.3) is 0 Å². The zero-order chi connectivity index (χ0) is 26.7. The van der Waals surface area contributed by atoms with Crippen molar-refractivity contribution in [2.45, 2.75) is 90.3 Å². The fourth-order valence-corrected chi connectivity index (χ4v) is 5.41. The molecule has 38 heavy (non-hydrogen) atoms. The van der Waals surface area contributed by atoms with E-state index in [2.05, 4.69) is 55.6 Å². The van der Waals surface area contributed by atoms with Crippen LogP contribution in [0.3, 0.4) is 0 Å². The van der Waals surface area contributed by atoms with Gasteiger partial charge in [0.15, 0.2) is 0 Å². The van der Waals surface area contributed by atoms with E-state index < -0.39 is 6.04 Å². The van der Waals surface area contributed by atoms with E-state index in [9.17, 15) is 9.59 Å². The second-order valence-electron chi connectivity index (χ2n) is 10.7. The molecule has 0 aromatic heterocycles. The fourth-order valence-electron chi connectivity index (χ4n) is 5.41. The maximum atomic E-state index is 13.9. The van der Waals surface area contributed by atoms with E-state index in [1.54, 1.807) is 0 Å². The van der Waals surface area contributed by atoms with Crippen molar-refractivity contribution < 1.29 is 9.59 Å². The Labute approximate surface area is 228 Å². The summed E-state index contributed by atoms with van der Waals surface area (Å²) in [7, 11) is 0. The summed E-state index contributed by atoms with van der Waals surface area (Å²) in [6, 6.07) is 26.4. The van der Waals surface area contributed by atoms with Crippen LogP contribution in [0.15, 0.2) is 78.9 Å². The molecule has 0 unspecified atom stereocenters. The Morgan fingerprint density at radius 3 is 2.18 bits per heavy atom. The normalized spacial score (nSPS) is 14.6. The topological polar surface area (TPSA) is 49.4 Å². The second kappa shape index (κ2) is 13.9. The Hall–Kier alpha value is -3.40. The van der Waals surface area contributed by atoms with Gasteiger partial charge in [-0.1, -0.05) is 105 Å². The van der Waals surface area contributed by atoms with Crippen molar-refractivity contribution in [1.82, 2.24) is 10.2 Å². The monoisotopic (exact) mass is 510 g/mol. The zero-order valence-corrected chi connectivity index (χ0v) is 23.0. The third-order valence-electron chi connectivity index (χ3n) is 7.88. The maximum Gasteiger partial charge on any atom is 0.243 e. The van der Waals surface area contributed by atoms with Gasteiger partial charge in [-0.15, -0.1) is 0 Å². The first kappa shape index (κ1) is 27.6. The number of hydrogen-bond acceptors (Lipinski definition) is 2. The Morgan fingerprint density at radius 1 is 0.842 bits per heavy atom. The molecule has 2 amide bonds. The third-order valence-corrected chi connectivity index (χ3v) is 7.88. The summed E-state index contributed by atoms with van der Waals surface area (Å²) in [4.78, 5) is 29.6. The fraction of sp³-hybridized carbons (Fsp3) is 0.412. The molecule has 0 heterocycles. The van der Waals surface area contributed by atoms with Gasteiger partial charge in [0.1, 0.15) is 6.04 Å². The van der Waals surface area contributed by atoms with Gasteiger partial charge in [-0.3, -0.25) is 9.59 Å². The quantitative estimate of drug-likeness (QED) is 0.317. The number of aryl methyl sites for hydroxylation is 3. The van der Waals surface area contributed by atoms with Crippen molar-refractivity contribution in [3.05, 3.63) is 107 Å². The van der Waals surface area contributed by atoms with Crippen LogP contribution in [0.4, 0.5) is 0 Å².